The van der Waals surface area contributed by atoms with E-state index in [0.29, 0.717) is 19.8 Å². The molecule has 0 saturated heterocycles. The summed E-state index contributed by atoms with van der Waals surface area (Å²) in [5.41, 5.74) is 2.54. The number of rotatable bonds is 6. The van der Waals surface area contributed by atoms with E-state index in [1.54, 1.807) is 4.57 Å². The molecule has 0 N–H and O–H groups in total. The van der Waals surface area contributed by atoms with E-state index in [-0.39, 0.29) is 5.56 Å². The Morgan fingerprint density at radius 2 is 1.95 bits per heavy atom. The van der Waals surface area contributed by atoms with E-state index in [2.05, 4.69) is 4.98 Å². The lowest BCUT2D eigenvalue weighted by atomic mass is 10.2. The number of benzene rings is 1. The van der Waals surface area contributed by atoms with Crippen molar-refractivity contribution in [1.82, 2.24) is 9.55 Å². The number of fused-ring (bicyclic) bond motifs is 1. The Bertz CT molecular complexity index is 631. The van der Waals surface area contributed by atoms with Crippen LogP contribution in [0.5, 0.6) is 0 Å². The van der Waals surface area contributed by atoms with Gasteiger partial charge in [0, 0.05) is 13.2 Å². The molecule has 0 radical (unpaired) electrons. The summed E-state index contributed by atoms with van der Waals surface area (Å²) in [5, 5.41) is 0. The van der Waals surface area contributed by atoms with Crippen LogP contribution >= 0.6 is 0 Å². The highest BCUT2D eigenvalue weighted by Crippen LogP contribution is 2.13. The van der Waals surface area contributed by atoms with Crippen LogP contribution in [0.4, 0.5) is 0 Å². The Hall–Kier alpha value is -1.72. The molecule has 0 unspecified atom stereocenters. The molecule has 0 bridgehead atoms. The van der Waals surface area contributed by atoms with Crippen LogP contribution in [-0.2, 0) is 16.0 Å². The van der Waals surface area contributed by atoms with Gasteiger partial charge in [0.15, 0.2) is 6.29 Å². The van der Waals surface area contributed by atoms with Crippen molar-refractivity contribution in [3.63, 3.8) is 0 Å². The van der Waals surface area contributed by atoms with Crippen molar-refractivity contribution in [1.29, 1.82) is 0 Å². The predicted octanol–water partition coefficient (Wildman–Crippen LogP) is 2.10. The van der Waals surface area contributed by atoms with Gasteiger partial charge in [-0.25, -0.2) is 4.98 Å². The van der Waals surface area contributed by atoms with E-state index in [1.165, 1.54) is 6.20 Å². The minimum atomic E-state index is -0.422. The molecular formula is C15H20N2O3. The summed E-state index contributed by atoms with van der Waals surface area (Å²) in [6.07, 6.45) is 0.918. The van der Waals surface area contributed by atoms with E-state index in [9.17, 15) is 4.79 Å². The fourth-order valence-electron chi connectivity index (χ4n) is 2.13. The smallest absolute Gasteiger partial charge is 0.269 e. The van der Waals surface area contributed by atoms with Gasteiger partial charge >= 0.3 is 0 Å². The lowest BCUT2D eigenvalue weighted by Crippen LogP contribution is -2.30. The van der Waals surface area contributed by atoms with Crippen molar-refractivity contribution >= 4 is 11.0 Å². The quantitative estimate of drug-likeness (QED) is 0.758. The van der Waals surface area contributed by atoms with Gasteiger partial charge in [0.1, 0.15) is 0 Å². The van der Waals surface area contributed by atoms with Crippen LogP contribution in [0.3, 0.4) is 0 Å². The van der Waals surface area contributed by atoms with Crippen molar-refractivity contribution in [3.8, 4) is 0 Å². The maximum Gasteiger partial charge on any atom is 0.269 e. The van der Waals surface area contributed by atoms with Gasteiger partial charge in [-0.3, -0.25) is 4.79 Å². The summed E-state index contributed by atoms with van der Waals surface area (Å²) < 4.78 is 12.7. The van der Waals surface area contributed by atoms with Crippen molar-refractivity contribution in [3.05, 3.63) is 40.3 Å². The molecule has 0 fully saturated rings. The second-order valence-electron chi connectivity index (χ2n) is 4.54. The molecule has 5 heteroatoms. The number of hydrogen-bond acceptors (Lipinski definition) is 4. The summed E-state index contributed by atoms with van der Waals surface area (Å²) in [5.74, 6) is 0. The van der Waals surface area contributed by atoms with Crippen molar-refractivity contribution < 1.29 is 9.47 Å². The fourth-order valence-corrected chi connectivity index (χ4v) is 2.13. The summed E-state index contributed by atoms with van der Waals surface area (Å²) in [7, 11) is 0. The third kappa shape index (κ3) is 3.23. The van der Waals surface area contributed by atoms with Crippen LogP contribution in [0.15, 0.2) is 29.2 Å². The second kappa shape index (κ2) is 6.63. The highest BCUT2D eigenvalue weighted by molar-refractivity contribution is 5.75. The fraction of sp³-hybridized carbons (Fsp3) is 0.467. The second-order valence-corrected chi connectivity index (χ2v) is 4.54. The molecule has 5 nitrogen and oxygen atoms in total. The number of ether oxygens (including phenoxy) is 2. The van der Waals surface area contributed by atoms with Crippen molar-refractivity contribution in [2.45, 2.75) is 33.6 Å². The van der Waals surface area contributed by atoms with Crippen LogP contribution in [-0.4, -0.2) is 29.1 Å². The maximum atomic E-state index is 12.1. The molecule has 20 heavy (non-hydrogen) atoms. The Labute approximate surface area is 118 Å². The van der Waals surface area contributed by atoms with Gasteiger partial charge in [0.2, 0.25) is 0 Å². The summed E-state index contributed by atoms with van der Waals surface area (Å²) in [6.45, 7) is 7.25. The number of nitrogens with zero attached hydrogens (tertiary/aromatic N) is 2. The normalized spacial score (nSPS) is 11.4. The van der Waals surface area contributed by atoms with Crippen LogP contribution in [0.1, 0.15) is 19.4 Å². The molecule has 2 rings (SSSR count). The molecule has 0 spiro atoms. The zero-order valence-electron chi connectivity index (χ0n) is 12.1. The van der Waals surface area contributed by atoms with Gasteiger partial charge in [-0.05, 0) is 38.5 Å². The van der Waals surface area contributed by atoms with Gasteiger partial charge < -0.3 is 14.0 Å². The third-order valence-corrected chi connectivity index (χ3v) is 3.04. The molecule has 1 aromatic heterocycles. The number of hydrogen-bond donors (Lipinski definition) is 0. The topological polar surface area (TPSA) is 53.4 Å². The van der Waals surface area contributed by atoms with E-state index in [1.807, 2.05) is 39.0 Å². The maximum absolute atomic E-state index is 12.1. The molecule has 0 amide bonds. The Balaban J connectivity index is 2.43. The number of aryl methyl sites for hydroxylation is 1. The highest BCUT2D eigenvalue weighted by atomic mass is 16.7. The molecule has 0 aliphatic rings. The first kappa shape index (κ1) is 14.7. The molecule has 0 aliphatic heterocycles. The average Bonchev–Trinajstić information content (AvgIpc) is 2.42. The lowest BCUT2D eigenvalue weighted by molar-refractivity contribution is -0.143. The van der Waals surface area contributed by atoms with E-state index < -0.39 is 6.29 Å². The lowest BCUT2D eigenvalue weighted by Gasteiger charge is -2.19. The first-order valence-corrected chi connectivity index (χ1v) is 6.85. The van der Waals surface area contributed by atoms with E-state index in [4.69, 9.17) is 9.47 Å². The van der Waals surface area contributed by atoms with Gasteiger partial charge in [-0.1, -0.05) is 6.07 Å². The standard InChI is InChI=1S/C15H20N2O3/c1-4-19-15(20-5-2)10-17-13-8-11(3)6-7-12(13)16-9-14(17)18/h6-9,15H,4-5,10H2,1-3H3. The number of aromatic nitrogens is 2. The van der Waals surface area contributed by atoms with Gasteiger partial charge in [0.05, 0.1) is 23.8 Å². The summed E-state index contributed by atoms with van der Waals surface area (Å²) >= 11 is 0. The SMILES string of the molecule is CCOC(Cn1c(=O)cnc2ccc(C)cc21)OCC. The largest absolute Gasteiger partial charge is 0.351 e. The first-order chi connectivity index (χ1) is 9.65. The molecule has 1 aromatic carbocycles. The zero-order valence-corrected chi connectivity index (χ0v) is 12.1. The Morgan fingerprint density at radius 3 is 2.60 bits per heavy atom. The zero-order chi connectivity index (χ0) is 14.5. The van der Waals surface area contributed by atoms with Crippen LogP contribution < -0.4 is 5.56 Å². The van der Waals surface area contributed by atoms with Gasteiger partial charge in [0.25, 0.3) is 5.56 Å². The minimum Gasteiger partial charge on any atom is -0.351 e. The van der Waals surface area contributed by atoms with Crippen LogP contribution in [0.25, 0.3) is 11.0 Å². The first-order valence-electron chi connectivity index (χ1n) is 6.85. The van der Waals surface area contributed by atoms with E-state index >= 15 is 0 Å². The third-order valence-electron chi connectivity index (χ3n) is 3.04. The van der Waals surface area contributed by atoms with Crippen molar-refractivity contribution in [2.75, 3.05) is 13.2 Å². The molecular weight excluding hydrogens is 256 g/mol. The summed E-state index contributed by atoms with van der Waals surface area (Å²) in [4.78, 5) is 16.2. The van der Waals surface area contributed by atoms with Crippen LogP contribution in [0, 0.1) is 6.92 Å². The van der Waals surface area contributed by atoms with Crippen LogP contribution in [0.2, 0.25) is 0 Å². The average molecular weight is 276 g/mol. The molecule has 0 saturated carbocycles. The van der Waals surface area contributed by atoms with E-state index in [0.717, 1.165) is 16.6 Å². The monoisotopic (exact) mass is 276 g/mol. The molecule has 0 aliphatic carbocycles. The predicted molar refractivity (Wildman–Crippen MR) is 77.8 cm³/mol. The summed E-state index contributed by atoms with van der Waals surface area (Å²) in [6, 6.07) is 5.85. The molecule has 108 valence electrons. The van der Waals surface area contributed by atoms with Crippen molar-refractivity contribution in [2.24, 2.45) is 0 Å². The Kier molecular flexibility index (Phi) is 4.87. The van der Waals surface area contributed by atoms with Gasteiger partial charge in [-0.15, -0.1) is 0 Å². The highest BCUT2D eigenvalue weighted by Gasteiger charge is 2.12. The molecule has 1 heterocycles. The molecule has 2 aromatic rings. The van der Waals surface area contributed by atoms with Gasteiger partial charge in [-0.2, -0.15) is 0 Å². The minimum absolute atomic E-state index is 0.146. The molecule has 0 atom stereocenters. The Morgan fingerprint density at radius 1 is 1.25 bits per heavy atom.